The van der Waals surface area contributed by atoms with Crippen molar-refractivity contribution in [2.75, 3.05) is 0 Å². The van der Waals surface area contributed by atoms with Gasteiger partial charge in [-0.1, -0.05) is 39.0 Å². The highest BCUT2D eigenvalue weighted by molar-refractivity contribution is 5.98. The fourth-order valence-electron chi connectivity index (χ4n) is 2.87. The summed E-state index contributed by atoms with van der Waals surface area (Å²) in [5, 5.41) is 9.74. The standard InChI is InChI=1S/C22H27NO5/c1-14(2)21(28-17-9-6-5-7-10-17)16(4)27-22(26)15(3)13-19(25)20-18(24)11-8-12-23-20/h5-12,14-16,21,24H,13H2,1-4H3/t15-,16+,21-/m1/s1. The zero-order valence-corrected chi connectivity index (χ0v) is 16.7. The molecule has 0 aliphatic rings. The van der Waals surface area contributed by atoms with Crippen LogP contribution < -0.4 is 4.74 Å². The van der Waals surface area contributed by atoms with Crippen LogP contribution in [0.3, 0.4) is 0 Å². The average Bonchev–Trinajstić information content (AvgIpc) is 2.66. The predicted octanol–water partition coefficient (Wildman–Crippen LogP) is 4.03. The maximum Gasteiger partial charge on any atom is 0.309 e. The van der Waals surface area contributed by atoms with E-state index in [2.05, 4.69) is 4.98 Å². The second kappa shape index (κ2) is 9.88. The minimum atomic E-state index is -0.666. The van der Waals surface area contributed by atoms with Crippen molar-refractivity contribution in [1.82, 2.24) is 4.98 Å². The first kappa shape index (κ1) is 21.4. The molecule has 28 heavy (non-hydrogen) atoms. The summed E-state index contributed by atoms with van der Waals surface area (Å²) >= 11 is 0. The highest BCUT2D eigenvalue weighted by Crippen LogP contribution is 2.22. The van der Waals surface area contributed by atoms with Gasteiger partial charge in [0.1, 0.15) is 29.4 Å². The van der Waals surface area contributed by atoms with Gasteiger partial charge in [-0.3, -0.25) is 9.59 Å². The molecule has 1 heterocycles. The number of ketones is 1. The number of benzene rings is 1. The molecule has 2 rings (SSSR count). The smallest absolute Gasteiger partial charge is 0.309 e. The van der Waals surface area contributed by atoms with E-state index in [4.69, 9.17) is 9.47 Å². The van der Waals surface area contributed by atoms with E-state index in [1.165, 1.54) is 18.3 Å². The Labute approximate surface area is 165 Å². The minimum Gasteiger partial charge on any atom is -0.506 e. The van der Waals surface area contributed by atoms with Crippen molar-refractivity contribution in [1.29, 1.82) is 0 Å². The van der Waals surface area contributed by atoms with E-state index >= 15 is 0 Å². The molecule has 0 fully saturated rings. The van der Waals surface area contributed by atoms with Gasteiger partial charge in [0.25, 0.3) is 0 Å². The number of carbonyl (C=O) groups is 2. The summed E-state index contributed by atoms with van der Waals surface area (Å²) in [7, 11) is 0. The van der Waals surface area contributed by atoms with Crippen LogP contribution in [-0.4, -0.2) is 34.1 Å². The molecule has 0 saturated carbocycles. The number of hydrogen-bond acceptors (Lipinski definition) is 6. The molecule has 2 aromatic rings. The molecule has 0 aliphatic carbocycles. The molecule has 1 aromatic carbocycles. The quantitative estimate of drug-likeness (QED) is 0.518. The molecule has 1 N–H and O–H groups in total. The molecule has 3 atom stereocenters. The van der Waals surface area contributed by atoms with E-state index in [1.807, 2.05) is 44.2 Å². The Hall–Kier alpha value is -2.89. The van der Waals surface area contributed by atoms with Crippen molar-refractivity contribution < 1.29 is 24.2 Å². The van der Waals surface area contributed by atoms with E-state index in [-0.39, 0.29) is 29.9 Å². The molecule has 0 amide bonds. The maximum atomic E-state index is 12.5. The molecule has 0 bridgehead atoms. The van der Waals surface area contributed by atoms with Crippen molar-refractivity contribution in [3.63, 3.8) is 0 Å². The molecular weight excluding hydrogens is 358 g/mol. The van der Waals surface area contributed by atoms with E-state index in [9.17, 15) is 14.7 Å². The fourth-order valence-corrected chi connectivity index (χ4v) is 2.87. The molecule has 0 unspecified atom stereocenters. The topological polar surface area (TPSA) is 85.7 Å². The van der Waals surface area contributed by atoms with Gasteiger partial charge >= 0.3 is 5.97 Å². The monoisotopic (exact) mass is 385 g/mol. The van der Waals surface area contributed by atoms with Crippen LogP contribution in [0.25, 0.3) is 0 Å². The van der Waals surface area contributed by atoms with Crippen LogP contribution in [0.2, 0.25) is 0 Å². The van der Waals surface area contributed by atoms with Crippen molar-refractivity contribution in [3.8, 4) is 11.5 Å². The Morgan fingerprint density at radius 1 is 1.04 bits per heavy atom. The molecular formula is C22H27NO5. The minimum absolute atomic E-state index is 0.0392. The number of carbonyl (C=O) groups excluding carboxylic acids is 2. The lowest BCUT2D eigenvalue weighted by Crippen LogP contribution is -2.38. The number of aromatic nitrogens is 1. The van der Waals surface area contributed by atoms with Gasteiger partial charge in [0.2, 0.25) is 0 Å². The van der Waals surface area contributed by atoms with Gasteiger partial charge in [0.05, 0.1) is 5.92 Å². The number of pyridine rings is 1. The Morgan fingerprint density at radius 3 is 2.32 bits per heavy atom. The number of rotatable bonds is 9. The van der Waals surface area contributed by atoms with Gasteiger partial charge in [0.15, 0.2) is 5.78 Å². The zero-order chi connectivity index (χ0) is 20.7. The lowest BCUT2D eigenvalue weighted by Gasteiger charge is -2.29. The summed E-state index contributed by atoms with van der Waals surface area (Å²) < 4.78 is 11.6. The Balaban J connectivity index is 1.97. The largest absolute Gasteiger partial charge is 0.506 e. The van der Waals surface area contributed by atoms with Crippen LogP contribution >= 0.6 is 0 Å². The van der Waals surface area contributed by atoms with Crippen molar-refractivity contribution >= 4 is 11.8 Å². The molecule has 1 aromatic heterocycles. The lowest BCUT2D eigenvalue weighted by atomic mass is 10.0. The summed E-state index contributed by atoms with van der Waals surface area (Å²) in [6, 6.07) is 12.3. The van der Waals surface area contributed by atoms with E-state index in [0.717, 1.165) is 0 Å². The van der Waals surface area contributed by atoms with Gasteiger partial charge in [-0.2, -0.15) is 0 Å². The van der Waals surface area contributed by atoms with Crippen LogP contribution in [-0.2, 0) is 9.53 Å². The van der Waals surface area contributed by atoms with Gasteiger partial charge in [-0.25, -0.2) is 4.98 Å². The second-order valence-corrected chi connectivity index (χ2v) is 7.18. The summed E-state index contributed by atoms with van der Waals surface area (Å²) in [5.74, 6) is -0.934. The van der Waals surface area contributed by atoms with Gasteiger partial charge < -0.3 is 14.6 Å². The maximum absolute atomic E-state index is 12.5. The summed E-state index contributed by atoms with van der Waals surface area (Å²) in [6.07, 6.45) is 0.511. The summed E-state index contributed by atoms with van der Waals surface area (Å²) in [5.41, 5.74) is -0.0392. The first-order chi connectivity index (χ1) is 13.3. The molecule has 0 saturated heterocycles. The molecule has 6 heteroatoms. The van der Waals surface area contributed by atoms with Gasteiger partial charge in [-0.15, -0.1) is 0 Å². The molecule has 0 spiro atoms. The van der Waals surface area contributed by atoms with Crippen molar-refractivity contribution in [2.45, 2.75) is 46.3 Å². The Kier molecular flexibility index (Phi) is 7.55. The molecule has 0 aliphatic heterocycles. The average molecular weight is 385 g/mol. The second-order valence-electron chi connectivity index (χ2n) is 7.18. The lowest BCUT2D eigenvalue weighted by molar-refractivity contribution is -0.158. The summed E-state index contributed by atoms with van der Waals surface area (Å²) in [6.45, 7) is 7.39. The zero-order valence-electron chi connectivity index (χ0n) is 16.7. The van der Waals surface area contributed by atoms with Crippen LogP contribution in [0.1, 0.15) is 44.6 Å². The number of para-hydroxylation sites is 1. The van der Waals surface area contributed by atoms with E-state index in [0.29, 0.717) is 5.75 Å². The highest BCUT2D eigenvalue weighted by Gasteiger charge is 2.29. The molecule has 150 valence electrons. The first-order valence-electron chi connectivity index (χ1n) is 9.39. The SMILES string of the molecule is CC(C)[C@@H](Oc1ccccc1)[C@H](C)OC(=O)[C@H](C)CC(=O)c1ncccc1O. The van der Waals surface area contributed by atoms with E-state index < -0.39 is 23.8 Å². The van der Waals surface area contributed by atoms with Gasteiger partial charge in [-0.05, 0) is 37.1 Å². The van der Waals surface area contributed by atoms with Crippen LogP contribution in [0, 0.1) is 11.8 Å². The van der Waals surface area contributed by atoms with Crippen LogP contribution in [0.15, 0.2) is 48.7 Å². The third-order valence-electron chi connectivity index (χ3n) is 4.38. The molecule has 6 nitrogen and oxygen atoms in total. The van der Waals surface area contributed by atoms with Gasteiger partial charge in [0, 0.05) is 12.6 Å². The number of nitrogens with zero attached hydrogens (tertiary/aromatic N) is 1. The summed E-state index contributed by atoms with van der Waals surface area (Å²) in [4.78, 5) is 28.6. The third kappa shape index (κ3) is 5.81. The number of aromatic hydroxyl groups is 1. The van der Waals surface area contributed by atoms with Crippen LogP contribution in [0.5, 0.6) is 11.5 Å². The number of hydrogen-bond donors (Lipinski definition) is 1. The normalized spacial score (nSPS) is 14.2. The number of ether oxygens (including phenoxy) is 2. The molecule has 0 radical (unpaired) electrons. The van der Waals surface area contributed by atoms with Crippen LogP contribution in [0.4, 0.5) is 0 Å². The highest BCUT2D eigenvalue weighted by atomic mass is 16.6. The number of esters is 1. The number of Topliss-reactive ketones (excluding diaryl/α,β-unsaturated/α-hetero) is 1. The Morgan fingerprint density at radius 2 is 1.71 bits per heavy atom. The predicted molar refractivity (Wildman–Crippen MR) is 105 cm³/mol. The Bertz CT molecular complexity index is 791. The van der Waals surface area contributed by atoms with E-state index in [1.54, 1.807) is 13.8 Å². The fraction of sp³-hybridized carbons (Fsp3) is 0.409. The third-order valence-corrected chi connectivity index (χ3v) is 4.38. The first-order valence-corrected chi connectivity index (χ1v) is 9.39. The van der Waals surface area contributed by atoms with Crippen molar-refractivity contribution in [2.24, 2.45) is 11.8 Å². The van der Waals surface area contributed by atoms with Crippen molar-refractivity contribution in [3.05, 3.63) is 54.4 Å².